The minimum atomic E-state index is 0.349. The van der Waals surface area contributed by atoms with E-state index < -0.39 is 0 Å². The quantitative estimate of drug-likeness (QED) is 0.136. The maximum atomic E-state index is 5.41. The highest BCUT2D eigenvalue weighted by Crippen LogP contribution is 2.42. The lowest BCUT2D eigenvalue weighted by Crippen LogP contribution is -2.52. The molecule has 2 aliphatic heterocycles. The minimum absolute atomic E-state index is 0.349. The van der Waals surface area contributed by atoms with Crippen LogP contribution in [0.25, 0.3) is 55.9 Å². The van der Waals surface area contributed by atoms with Gasteiger partial charge in [-0.05, 0) is 152 Å². The maximum Gasteiger partial charge on any atom is 0.158 e. The second-order valence-corrected chi connectivity index (χ2v) is 21.8. The van der Waals surface area contributed by atoms with Crippen molar-refractivity contribution in [1.82, 2.24) is 58.9 Å². The second-order valence-electron chi connectivity index (χ2n) is 21.8. The number of hydrogen-bond acceptors (Lipinski definition) is 10. The summed E-state index contributed by atoms with van der Waals surface area (Å²) in [6, 6.07) is 11.6. The van der Waals surface area contributed by atoms with Gasteiger partial charge in [-0.1, -0.05) is 27.7 Å². The molecule has 4 fully saturated rings. The molecule has 0 atom stereocenters. The molecule has 0 radical (unpaired) electrons. The molecule has 0 bridgehead atoms. The molecule has 0 aromatic carbocycles. The predicted molar refractivity (Wildman–Crippen MR) is 278 cm³/mol. The van der Waals surface area contributed by atoms with Gasteiger partial charge in [0.05, 0.1) is 72.0 Å². The Morgan fingerprint density at radius 1 is 0.529 bits per heavy atom. The molecule has 2 aliphatic carbocycles. The number of nitrogens with zero attached hydrogens (tertiary/aromatic N) is 10. The van der Waals surface area contributed by atoms with Gasteiger partial charge in [-0.2, -0.15) is 10.2 Å². The van der Waals surface area contributed by atoms with Crippen LogP contribution in [0.4, 0.5) is 0 Å². The first-order valence-corrected chi connectivity index (χ1v) is 26.1. The summed E-state index contributed by atoms with van der Waals surface area (Å²) in [6.45, 7) is 21.3. The van der Waals surface area contributed by atoms with E-state index in [4.69, 9.17) is 19.4 Å². The number of pyridine rings is 4. The van der Waals surface area contributed by atoms with Crippen LogP contribution in [0.2, 0.25) is 0 Å². The van der Waals surface area contributed by atoms with Gasteiger partial charge >= 0.3 is 0 Å². The van der Waals surface area contributed by atoms with Crippen molar-refractivity contribution in [2.24, 2.45) is 0 Å². The van der Waals surface area contributed by atoms with Crippen LogP contribution < -0.4 is 0 Å². The Labute approximate surface area is 412 Å². The largest absolute Gasteiger partial charge is 0.378 e. The first-order valence-electron chi connectivity index (χ1n) is 26.1. The van der Waals surface area contributed by atoms with Crippen molar-refractivity contribution in [2.75, 3.05) is 40.5 Å². The molecule has 0 amide bonds. The number of rotatable bonds is 10. The molecule has 368 valence electrons. The molecule has 0 spiro atoms. The zero-order valence-corrected chi connectivity index (χ0v) is 43.0. The summed E-state index contributed by atoms with van der Waals surface area (Å²) in [4.78, 5) is 32.0. The van der Waals surface area contributed by atoms with E-state index in [1.807, 2.05) is 9.03 Å². The molecule has 14 heteroatoms. The highest BCUT2D eigenvalue weighted by molar-refractivity contribution is 5.91. The van der Waals surface area contributed by atoms with Gasteiger partial charge in [0.1, 0.15) is 12.7 Å². The fraction of sp³-hybridized carbons (Fsp3) is 0.536. The summed E-state index contributed by atoms with van der Waals surface area (Å²) in [5.41, 5.74) is 20.8. The third-order valence-electron chi connectivity index (χ3n) is 17.1. The van der Waals surface area contributed by atoms with Crippen molar-refractivity contribution < 1.29 is 9.47 Å². The molecule has 14 nitrogen and oxygen atoms in total. The van der Waals surface area contributed by atoms with Gasteiger partial charge in [0.2, 0.25) is 0 Å². The Morgan fingerprint density at radius 2 is 0.914 bits per heavy atom. The molecule has 8 aromatic heterocycles. The van der Waals surface area contributed by atoms with Crippen LogP contribution in [-0.4, -0.2) is 124 Å². The van der Waals surface area contributed by atoms with Crippen LogP contribution in [-0.2, 0) is 9.47 Å². The van der Waals surface area contributed by atoms with Gasteiger partial charge in [0, 0.05) is 70.0 Å². The van der Waals surface area contributed by atoms with Gasteiger partial charge in [-0.15, -0.1) is 0 Å². The standard InChI is InChI=1S/2C28H36N6O/c2*1-16(2)25-26(22-12-34-28(29-15-30-34)18(4)17(22)3)32-24-11-10-23(31-27(24)25)19-6-8-20(9-7-19)33(5)21-13-35-14-21/h2*10-12,15-16,19-21,32H,6-9,13-14H2,1-5H3. The Kier molecular flexibility index (Phi) is 12.6. The van der Waals surface area contributed by atoms with E-state index >= 15 is 0 Å². The molecule has 8 aromatic rings. The highest BCUT2D eigenvalue weighted by atomic mass is 16.5. The molecule has 2 N–H and O–H groups in total. The molecule has 10 heterocycles. The number of nitrogens with one attached hydrogen (secondary N) is 2. The smallest absolute Gasteiger partial charge is 0.158 e. The molecular weight excluding hydrogens is 873 g/mol. The normalized spacial score (nSPS) is 21.5. The van der Waals surface area contributed by atoms with Crippen molar-refractivity contribution in [1.29, 1.82) is 0 Å². The number of aryl methyl sites for hydroxylation is 2. The monoisotopic (exact) mass is 945 g/mol. The van der Waals surface area contributed by atoms with Crippen LogP contribution in [0.1, 0.15) is 148 Å². The molecule has 70 heavy (non-hydrogen) atoms. The van der Waals surface area contributed by atoms with Crippen LogP contribution >= 0.6 is 0 Å². The fourth-order valence-electron chi connectivity index (χ4n) is 12.2. The average Bonchev–Trinajstić information content (AvgIpc) is 4.15. The maximum absolute atomic E-state index is 5.41. The first-order chi connectivity index (χ1) is 33.8. The van der Waals surface area contributed by atoms with Crippen molar-refractivity contribution in [3.63, 3.8) is 0 Å². The van der Waals surface area contributed by atoms with E-state index in [0.717, 1.165) is 82.3 Å². The number of aromatic nitrogens is 10. The van der Waals surface area contributed by atoms with Crippen LogP contribution in [0, 0.1) is 27.7 Å². The molecular formula is C56H72N12O2. The van der Waals surface area contributed by atoms with Crippen LogP contribution in [0.5, 0.6) is 0 Å². The van der Waals surface area contributed by atoms with Gasteiger partial charge in [0.25, 0.3) is 0 Å². The summed E-state index contributed by atoms with van der Waals surface area (Å²) >= 11 is 0. The van der Waals surface area contributed by atoms with E-state index in [1.165, 1.54) is 96.1 Å². The van der Waals surface area contributed by atoms with E-state index in [9.17, 15) is 0 Å². The van der Waals surface area contributed by atoms with Gasteiger partial charge < -0.3 is 19.4 Å². The number of ether oxygens (including phenoxy) is 2. The van der Waals surface area contributed by atoms with Crippen LogP contribution in [0.15, 0.2) is 49.3 Å². The third-order valence-corrected chi connectivity index (χ3v) is 17.1. The van der Waals surface area contributed by atoms with Gasteiger partial charge in [-0.3, -0.25) is 19.8 Å². The van der Waals surface area contributed by atoms with E-state index in [0.29, 0.717) is 47.8 Å². The Hall–Kier alpha value is -5.54. The number of hydrogen-bond donors (Lipinski definition) is 2. The zero-order valence-electron chi connectivity index (χ0n) is 43.0. The molecule has 0 unspecified atom stereocenters. The van der Waals surface area contributed by atoms with Crippen molar-refractivity contribution in [3.8, 4) is 22.5 Å². The summed E-state index contributed by atoms with van der Waals surface area (Å²) in [6.07, 6.45) is 17.2. The number of H-pyrrole nitrogens is 2. The Bertz CT molecular complexity index is 2960. The summed E-state index contributed by atoms with van der Waals surface area (Å²) in [5.74, 6) is 1.77. The molecule has 2 saturated carbocycles. The Morgan fingerprint density at radius 3 is 1.26 bits per heavy atom. The first kappa shape index (κ1) is 46.8. The lowest BCUT2D eigenvalue weighted by molar-refractivity contribution is -0.0739. The summed E-state index contributed by atoms with van der Waals surface area (Å²) < 4.78 is 14.6. The van der Waals surface area contributed by atoms with Crippen molar-refractivity contribution >= 4 is 33.4 Å². The predicted octanol–water partition coefficient (Wildman–Crippen LogP) is 10.7. The van der Waals surface area contributed by atoms with Crippen molar-refractivity contribution in [3.05, 3.63) is 94.1 Å². The van der Waals surface area contributed by atoms with E-state index in [2.05, 4.69) is 146 Å². The number of fused-ring (bicyclic) bond motifs is 4. The van der Waals surface area contributed by atoms with Gasteiger partial charge in [-0.25, -0.2) is 19.0 Å². The second kappa shape index (κ2) is 18.9. The summed E-state index contributed by atoms with van der Waals surface area (Å²) in [5, 5.41) is 8.83. The van der Waals surface area contributed by atoms with Gasteiger partial charge in [0.15, 0.2) is 11.3 Å². The molecule has 4 aliphatic rings. The molecule has 2 saturated heterocycles. The zero-order chi connectivity index (χ0) is 48.5. The SMILES string of the molecule is Cc1c(-c2[nH]c3ccc(C4CCC(N(C)C5COC5)CC4)nc3c2C(C)C)cn2ncnc2c1C.Cc1c(-c2[nH]c3ccc(C4CCC(N(C)C5COC5)CC4)nc3c2C(C)C)cn2ncnc2c1C. The number of aromatic amines is 2. The topological polar surface area (TPSA) is 143 Å². The van der Waals surface area contributed by atoms with Crippen molar-refractivity contribution in [2.45, 2.75) is 155 Å². The number of likely N-dealkylation sites (N-methyl/N-ethyl adjacent to an activating group) is 2. The third kappa shape index (κ3) is 8.31. The Balaban J connectivity index is 0.000000152. The molecule has 12 rings (SSSR count). The lowest BCUT2D eigenvalue weighted by Gasteiger charge is -2.42. The minimum Gasteiger partial charge on any atom is -0.378 e. The highest BCUT2D eigenvalue weighted by Gasteiger charge is 2.34. The lowest BCUT2D eigenvalue weighted by atomic mass is 9.82. The summed E-state index contributed by atoms with van der Waals surface area (Å²) in [7, 11) is 4.55. The van der Waals surface area contributed by atoms with E-state index in [-0.39, 0.29) is 0 Å². The fourth-order valence-corrected chi connectivity index (χ4v) is 12.2. The van der Waals surface area contributed by atoms with E-state index in [1.54, 1.807) is 12.7 Å². The van der Waals surface area contributed by atoms with Crippen LogP contribution in [0.3, 0.4) is 0 Å². The average molecular weight is 945 g/mol.